The van der Waals surface area contributed by atoms with Crippen molar-refractivity contribution in [3.8, 4) is 28.6 Å². The van der Waals surface area contributed by atoms with Gasteiger partial charge in [-0.2, -0.15) is 0 Å². The molecule has 2 aliphatic rings. The number of nitrogens with zero attached hydrogens (tertiary/aromatic N) is 3. The lowest BCUT2D eigenvalue weighted by Gasteiger charge is -2.27. The molecule has 2 amide bonds. The minimum atomic E-state index is -1.15. The smallest absolute Gasteiger partial charge is 0.336 e. The molecule has 0 spiro atoms. The van der Waals surface area contributed by atoms with Gasteiger partial charge >= 0.3 is 5.97 Å². The van der Waals surface area contributed by atoms with Crippen LogP contribution in [0.1, 0.15) is 45.7 Å². The maximum absolute atomic E-state index is 13.8. The lowest BCUT2D eigenvalue weighted by molar-refractivity contribution is -0.140. The Morgan fingerprint density at radius 3 is 2.20 bits per heavy atom. The fourth-order valence-corrected chi connectivity index (χ4v) is 6.56. The number of amides is 2. The van der Waals surface area contributed by atoms with Crippen LogP contribution in [0, 0.1) is 5.92 Å². The summed E-state index contributed by atoms with van der Waals surface area (Å²) < 4.78 is 12.0. The molecule has 0 radical (unpaired) electrons. The SMILES string of the molecule is CC(C)[C@@H](C(=O)Oc1nnc(-c2ccc3c(c2)Sc2ccccc2O3)cc1Cc1ccccc1)N1C(=O)c2ccccc2C1=O. The van der Waals surface area contributed by atoms with Crippen molar-refractivity contribution < 1.29 is 23.9 Å². The second kappa shape index (κ2) is 11.7. The molecule has 5 aromatic rings. The molecule has 0 fully saturated rings. The third-order valence-electron chi connectivity index (χ3n) is 7.77. The molecule has 1 aromatic heterocycles. The van der Waals surface area contributed by atoms with Crippen LogP contribution in [0.3, 0.4) is 0 Å². The molecule has 1 atom stereocenters. The van der Waals surface area contributed by atoms with Gasteiger partial charge in [0.05, 0.1) is 26.6 Å². The van der Waals surface area contributed by atoms with Crippen LogP contribution in [-0.4, -0.2) is 38.9 Å². The fourth-order valence-electron chi connectivity index (χ4n) is 5.57. The molecule has 0 unspecified atom stereocenters. The van der Waals surface area contributed by atoms with Crippen molar-refractivity contribution in [2.75, 3.05) is 0 Å². The van der Waals surface area contributed by atoms with Gasteiger partial charge in [0.2, 0.25) is 5.88 Å². The van der Waals surface area contributed by atoms with Crippen molar-refractivity contribution in [2.24, 2.45) is 5.92 Å². The highest BCUT2D eigenvalue weighted by Crippen LogP contribution is 2.47. The summed E-state index contributed by atoms with van der Waals surface area (Å²) in [7, 11) is 0. The van der Waals surface area contributed by atoms with E-state index in [1.165, 1.54) is 0 Å². The van der Waals surface area contributed by atoms with E-state index in [-0.39, 0.29) is 17.0 Å². The minimum Gasteiger partial charge on any atom is -0.455 e. The van der Waals surface area contributed by atoms with Crippen molar-refractivity contribution in [2.45, 2.75) is 36.1 Å². The largest absolute Gasteiger partial charge is 0.455 e. The van der Waals surface area contributed by atoms with Gasteiger partial charge in [-0.25, -0.2) is 4.79 Å². The molecule has 0 saturated carbocycles. The molecular formula is C36H27N3O5S. The van der Waals surface area contributed by atoms with Crippen LogP contribution in [0.4, 0.5) is 0 Å². The number of aromatic nitrogens is 2. The molecule has 7 rings (SSSR count). The van der Waals surface area contributed by atoms with Gasteiger partial charge in [-0.3, -0.25) is 14.5 Å². The van der Waals surface area contributed by atoms with Gasteiger partial charge in [0.15, 0.2) is 0 Å². The van der Waals surface area contributed by atoms with E-state index in [1.54, 1.807) is 49.9 Å². The quantitative estimate of drug-likeness (QED) is 0.138. The average Bonchev–Trinajstić information content (AvgIpc) is 3.30. The van der Waals surface area contributed by atoms with Crippen molar-refractivity contribution in [3.63, 3.8) is 0 Å². The highest BCUT2D eigenvalue weighted by Gasteiger charge is 2.45. The molecule has 0 bridgehead atoms. The summed E-state index contributed by atoms with van der Waals surface area (Å²) in [4.78, 5) is 43.2. The highest BCUT2D eigenvalue weighted by atomic mass is 32.2. The molecular weight excluding hydrogens is 586 g/mol. The Balaban J connectivity index is 1.21. The maximum atomic E-state index is 13.8. The average molecular weight is 614 g/mol. The summed E-state index contributed by atoms with van der Waals surface area (Å²) in [5.41, 5.74) is 3.59. The van der Waals surface area contributed by atoms with E-state index in [9.17, 15) is 14.4 Å². The normalized spacial score (nSPS) is 14.0. The van der Waals surface area contributed by atoms with Crippen LogP contribution in [0.5, 0.6) is 17.4 Å². The zero-order valence-corrected chi connectivity index (χ0v) is 25.3. The number of imide groups is 1. The first kappa shape index (κ1) is 28.5. The molecule has 8 nitrogen and oxygen atoms in total. The van der Waals surface area contributed by atoms with E-state index >= 15 is 0 Å². The standard InChI is InChI=1S/C36H27N3O5S/c1-21(2)32(39-34(40)25-12-6-7-13-26(25)35(39)41)36(42)44-33-24(18-22-10-4-3-5-11-22)19-27(37-38-33)23-16-17-29-31(20-23)45-30-15-9-8-14-28(30)43-29/h3-17,19-21,32H,18H2,1-2H3/t32-/m0/s1. The van der Waals surface area contributed by atoms with Gasteiger partial charge < -0.3 is 9.47 Å². The molecule has 3 heterocycles. The number of rotatable bonds is 7. The zero-order valence-electron chi connectivity index (χ0n) is 24.5. The molecule has 45 heavy (non-hydrogen) atoms. The lowest BCUT2D eigenvalue weighted by Crippen LogP contribution is -2.49. The number of esters is 1. The zero-order chi connectivity index (χ0) is 31.1. The van der Waals surface area contributed by atoms with Crippen molar-refractivity contribution in [1.29, 1.82) is 0 Å². The van der Waals surface area contributed by atoms with Gasteiger partial charge in [0, 0.05) is 17.5 Å². The van der Waals surface area contributed by atoms with Crippen LogP contribution < -0.4 is 9.47 Å². The Kier molecular flexibility index (Phi) is 7.39. The van der Waals surface area contributed by atoms with Gasteiger partial charge in [-0.05, 0) is 60.0 Å². The van der Waals surface area contributed by atoms with Gasteiger partial charge in [-0.1, -0.05) is 80.2 Å². The maximum Gasteiger partial charge on any atom is 0.336 e. The molecule has 0 aliphatic carbocycles. The number of benzene rings is 4. The third-order valence-corrected chi connectivity index (χ3v) is 8.87. The van der Waals surface area contributed by atoms with Gasteiger partial charge in [0.1, 0.15) is 17.5 Å². The molecule has 0 N–H and O–H groups in total. The number of fused-ring (bicyclic) bond motifs is 3. The Bertz CT molecular complexity index is 1940. The molecule has 222 valence electrons. The summed E-state index contributed by atoms with van der Waals surface area (Å²) in [6.45, 7) is 3.54. The second-order valence-electron chi connectivity index (χ2n) is 11.2. The first-order valence-corrected chi connectivity index (χ1v) is 15.4. The topological polar surface area (TPSA) is 98.7 Å². The summed E-state index contributed by atoms with van der Waals surface area (Å²) in [5.74, 6) is -0.595. The van der Waals surface area contributed by atoms with Gasteiger partial charge in [-0.15, -0.1) is 10.2 Å². The Morgan fingerprint density at radius 1 is 0.800 bits per heavy atom. The monoisotopic (exact) mass is 613 g/mol. The Labute approximate surface area is 264 Å². The molecule has 0 saturated heterocycles. The predicted molar refractivity (Wildman–Crippen MR) is 169 cm³/mol. The minimum absolute atomic E-state index is 0.0273. The number of carbonyl (C=O) groups excluding carboxylic acids is 3. The first-order chi connectivity index (χ1) is 21.9. The van der Waals surface area contributed by atoms with Crippen LogP contribution in [0.15, 0.2) is 113 Å². The van der Waals surface area contributed by atoms with Crippen molar-refractivity contribution >= 4 is 29.5 Å². The molecule has 4 aromatic carbocycles. The number of carbonyl (C=O) groups is 3. The summed E-state index contributed by atoms with van der Waals surface area (Å²) in [6, 6.07) is 30.8. The lowest BCUT2D eigenvalue weighted by atomic mass is 10.0. The Morgan fingerprint density at radius 2 is 1.47 bits per heavy atom. The van der Waals surface area contributed by atoms with Crippen LogP contribution in [0.25, 0.3) is 11.3 Å². The number of ether oxygens (including phenoxy) is 2. The van der Waals surface area contributed by atoms with Crippen LogP contribution >= 0.6 is 11.8 Å². The van der Waals surface area contributed by atoms with Crippen LogP contribution in [0.2, 0.25) is 0 Å². The summed E-state index contributed by atoms with van der Waals surface area (Å²) in [5, 5.41) is 8.80. The van der Waals surface area contributed by atoms with E-state index in [0.717, 1.165) is 37.3 Å². The molecule has 2 aliphatic heterocycles. The summed E-state index contributed by atoms with van der Waals surface area (Å²) in [6.07, 6.45) is 0.418. The van der Waals surface area contributed by atoms with E-state index in [2.05, 4.69) is 10.2 Å². The van der Waals surface area contributed by atoms with E-state index in [4.69, 9.17) is 9.47 Å². The van der Waals surface area contributed by atoms with Crippen molar-refractivity contribution in [1.82, 2.24) is 15.1 Å². The number of para-hydroxylation sites is 1. The molecule has 9 heteroatoms. The summed E-state index contributed by atoms with van der Waals surface area (Å²) >= 11 is 1.62. The van der Waals surface area contributed by atoms with Gasteiger partial charge in [0.25, 0.3) is 11.8 Å². The number of hydrogen-bond donors (Lipinski definition) is 0. The first-order valence-electron chi connectivity index (χ1n) is 14.6. The highest BCUT2D eigenvalue weighted by molar-refractivity contribution is 7.99. The van der Waals surface area contributed by atoms with E-state index in [0.29, 0.717) is 17.7 Å². The third kappa shape index (κ3) is 5.36. The van der Waals surface area contributed by atoms with E-state index < -0.39 is 29.7 Å². The van der Waals surface area contributed by atoms with Crippen LogP contribution in [-0.2, 0) is 11.2 Å². The fraction of sp³-hybridized carbons (Fsp3) is 0.139. The number of hydrogen-bond acceptors (Lipinski definition) is 8. The second-order valence-corrected chi connectivity index (χ2v) is 12.3. The van der Waals surface area contributed by atoms with Crippen molar-refractivity contribution in [3.05, 3.63) is 125 Å². The predicted octanol–water partition coefficient (Wildman–Crippen LogP) is 7.22. The van der Waals surface area contributed by atoms with E-state index in [1.807, 2.05) is 78.9 Å². The Hall–Kier alpha value is -5.28.